The quantitative estimate of drug-likeness (QED) is 0.868. The number of hydrogen-bond acceptors (Lipinski definition) is 2. The summed E-state index contributed by atoms with van der Waals surface area (Å²) in [6.45, 7) is -0.185. The minimum atomic E-state index is -1.01. The van der Waals surface area contributed by atoms with Crippen molar-refractivity contribution in [2.75, 3.05) is 20.6 Å². The SMILES string of the molecule is CN(C)CC(=O)NCc1c(F)cc(F)cc1F. The van der Waals surface area contributed by atoms with E-state index in [9.17, 15) is 18.0 Å². The van der Waals surface area contributed by atoms with Crippen molar-refractivity contribution in [1.29, 1.82) is 0 Å². The predicted octanol–water partition coefficient (Wildman–Crippen LogP) is 1.28. The van der Waals surface area contributed by atoms with Gasteiger partial charge >= 0.3 is 0 Å². The van der Waals surface area contributed by atoms with Crippen LogP contribution in [-0.2, 0) is 11.3 Å². The molecular weight excluding hydrogens is 233 g/mol. The Morgan fingerprint density at radius 3 is 2.24 bits per heavy atom. The van der Waals surface area contributed by atoms with E-state index in [1.54, 1.807) is 19.0 Å². The van der Waals surface area contributed by atoms with Gasteiger partial charge in [0.05, 0.1) is 6.54 Å². The van der Waals surface area contributed by atoms with Crippen molar-refractivity contribution in [3.8, 4) is 0 Å². The lowest BCUT2D eigenvalue weighted by atomic mass is 10.2. The van der Waals surface area contributed by atoms with Crippen LogP contribution in [0.4, 0.5) is 13.2 Å². The number of hydrogen-bond donors (Lipinski definition) is 1. The Morgan fingerprint density at radius 2 is 1.76 bits per heavy atom. The van der Waals surface area contributed by atoms with Crippen molar-refractivity contribution in [3.63, 3.8) is 0 Å². The van der Waals surface area contributed by atoms with Crippen molar-refractivity contribution in [2.45, 2.75) is 6.54 Å². The molecule has 0 atom stereocenters. The Morgan fingerprint density at radius 1 is 1.24 bits per heavy atom. The molecule has 0 aliphatic rings. The first-order chi connectivity index (χ1) is 7.90. The molecule has 3 nitrogen and oxygen atoms in total. The van der Waals surface area contributed by atoms with Crippen LogP contribution in [0.1, 0.15) is 5.56 Å². The molecule has 0 radical (unpaired) electrons. The largest absolute Gasteiger partial charge is 0.351 e. The molecule has 0 saturated heterocycles. The van der Waals surface area contributed by atoms with Gasteiger partial charge in [0, 0.05) is 24.2 Å². The van der Waals surface area contributed by atoms with E-state index in [-0.39, 0.29) is 24.6 Å². The molecule has 0 unspecified atom stereocenters. The molecule has 1 aromatic rings. The summed E-state index contributed by atoms with van der Waals surface area (Å²) >= 11 is 0. The van der Waals surface area contributed by atoms with Crippen molar-refractivity contribution < 1.29 is 18.0 Å². The Kier molecular flexibility index (Phi) is 4.51. The van der Waals surface area contributed by atoms with Crippen molar-refractivity contribution in [2.24, 2.45) is 0 Å². The fourth-order valence-electron chi connectivity index (χ4n) is 1.27. The summed E-state index contributed by atoms with van der Waals surface area (Å²) < 4.78 is 39.0. The second kappa shape index (κ2) is 5.67. The number of nitrogens with one attached hydrogen (secondary N) is 1. The Bertz CT molecular complexity index is 398. The van der Waals surface area contributed by atoms with Crippen molar-refractivity contribution >= 4 is 5.91 Å². The Balaban J connectivity index is 2.67. The molecule has 0 aromatic heterocycles. The van der Waals surface area contributed by atoms with Gasteiger partial charge in [0.15, 0.2) is 0 Å². The van der Waals surface area contributed by atoms with E-state index < -0.39 is 17.5 Å². The van der Waals surface area contributed by atoms with E-state index in [1.165, 1.54) is 0 Å². The highest BCUT2D eigenvalue weighted by Crippen LogP contribution is 2.14. The monoisotopic (exact) mass is 246 g/mol. The summed E-state index contributed by atoms with van der Waals surface area (Å²) in [4.78, 5) is 12.9. The highest BCUT2D eigenvalue weighted by molar-refractivity contribution is 5.77. The third kappa shape index (κ3) is 4.07. The highest BCUT2D eigenvalue weighted by Gasteiger charge is 2.12. The van der Waals surface area contributed by atoms with Gasteiger partial charge in [-0.2, -0.15) is 0 Å². The third-order valence-electron chi connectivity index (χ3n) is 2.03. The standard InChI is InChI=1S/C11H13F3N2O/c1-16(2)6-11(17)15-5-8-9(13)3-7(12)4-10(8)14/h3-4H,5-6H2,1-2H3,(H,15,17). The number of carbonyl (C=O) groups excluding carboxylic acids is 1. The minimum absolute atomic E-state index is 0.116. The lowest BCUT2D eigenvalue weighted by molar-refractivity contribution is -0.121. The molecule has 1 rings (SSSR count). The summed E-state index contributed by atoms with van der Waals surface area (Å²) in [7, 11) is 3.39. The minimum Gasteiger partial charge on any atom is -0.351 e. The van der Waals surface area contributed by atoms with E-state index in [2.05, 4.69) is 5.32 Å². The van der Waals surface area contributed by atoms with Gasteiger partial charge in [-0.25, -0.2) is 13.2 Å². The lowest BCUT2D eigenvalue weighted by Gasteiger charge is -2.11. The van der Waals surface area contributed by atoms with Crippen molar-refractivity contribution in [1.82, 2.24) is 10.2 Å². The Labute approximate surface area is 97.2 Å². The van der Waals surface area contributed by atoms with Crippen LogP contribution in [0.15, 0.2) is 12.1 Å². The number of carbonyl (C=O) groups is 1. The number of likely N-dealkylation sites (N-methyl/N-ethyl adjacent to an activating group) is 1. The molecule has 0 aliphatic carbocycles. The summed E-state index contributed by atoms with van der Waals surface area (Å²) in [6.07, 6.45) is 0. The van der Waals surface area contributed by atoms with Gasteiger partial charge in [0.1, 0.15) is 17.5 Å². The van der Waals surface area contributed by atoms with Crippen LogP contribution < -0.4 is 5.32 Å². The summed E-state index contributed by atoms with van der Waals surface area (Å²) in [5.74, 6) is -3.36. The van der Waals surface area contributed by atoms with Gasteiger partial charge < -0.3 is 10.2 Å². The summed E-state index contributed by atoms with van der Waals surface area (Å²) in [5, 5.41) is 2.35. The third-order valence-corrected chi connectivity index (χ3v) is 2.03. The zero-order valence-electron chi connectivity index (χ0n) is 9.56. The van der Waals surface area contributed by atoms with Gasteiger partial charge in [-0.3, -0.25) is 4.79 Å². The number of halogens is 3. The van der Waals surface area contributed by atoms with E-state index >= 15 is 0 Å². The maximum atomic E-state index is 13.2. The van der Waals surface area contributed by atoms with E-state index in [0.29, 0.717) is 12.1 Å². The molecule has 0 aliphatic heterocycles. The van der Waals surface area contributed by atoms with Crippen LogP contribution in [0.2, 0.25) is 0 Å². The second-order valence-corrected chi connectivity index (χ2v) is 3.86. The van der Waals surface area contributed by atoms with Crippen LogP contribution >= 0.6 is 0 Å². The van der Waals surface area contributed by atoms with Crippen molar-refractivity contribution in [3.05, 3.63) is 35.1 Å². The van der Waals surface area contributed by atoms with Crippen LogP contribution in [0.3, 0.4) is 0 Å². The maximum absolute atomic E-state index is 13.2. The molecule has 0 saturated carbocycles. The fourth-order valence-corrected chi connectivity index (χ4v) is 1.27. The average Bonchev–Trinajstić information content (AvgIpc) is 2.14. The molecule has 1 aromatic carbocycles. The molecule has 1 N–H and O–H groups in total. The number of benzene rings is 1. The molecule has 6 heteroatoms. The topological polar surface area (TPSA) is 32.3 Å². The predicted molar refractivity (Wildman–Crippen MR) is 56.7 cm³/mol. The van der Waals surface area contributed by atoms with Crippen LogP contribution in [0.5, 0.6) is 0 Å². The van der Waals surface area contributed by atoms with Crippen LogP contribution in [0.25, 0.3) is 0 Å². The first-order valence-electron chi connectivity index (χ1n) is 4.95. The van der Waals surface area contributed by atoms with Crippen LogP contribution in [0, 0.1) is 17.5 Å². The molecular formula is C11H13F3N2O. The van der Waals surface area contributed by atoms with Gasteiger partial charge in [-0.1, -0.05) is 0 Å². The van der Waals surface area contributed by atoms with E-state index in [1.807, 2.05) is 0 Å². The smallest absolute Gasteiger partial charge is 0.234 e. The zero-order chi connectivity index (χ0) is 13.0. The Hall–Kier alpha value is -1.56. The number of rotatable bonds is 4. The summed E-state index contributed by atoms with van der Waals surface area (Å²) in [6, 6.07) is 1.16. The summed E-state index contributed by atoms with van der Waals surface area (Å²) in [5.41, 5.74) is -0.349. The first-order valence-corrected chi connectivity index (χ1v) is 4.95. The van der Waals surface area contributed by atoms with E-state index in [0.717, 1.165) is 0 Å². The maximum Gasteiger partial charge on any atom is 0.234 e. The molecule has 0 heterocycles. The van der Waals surface area contributed by atoms with Gasteiger partial charge in [-0.15, -0.1) is 0 Å². The zero-order valence-corrected chi connectivity index (χ0v) is 9.56. The number of amides is 1. The lowest BCUT2D eigenvalue weighted by Crippen LogP contribution is -2.33. The van der Waals surface area contributed by atoms with Crippen LogP contribution in [-0.4, -0.2) is 31.4 Å². The molecule has 17 heavy (non-hydrogen) atoms. The van der Waals surface area contributed by atoms with Gasteiger partial charge in [0.25, 0.3) is 0 Å². The number of nitrogens with zero attached hydrogens (tertiary/aromatic N) is 1. The van der Waals surface area contributed by atoms with Gasteiger partial charge in [-0.05, 0) is 14.1 Å². The first kappa shape index (κ1) is 13.5. The molecule has 94 valence electrons. The average molecular weight is 246 g/mol. The molecule has 0 bridgehead atoms. The second-order valence-electron chi connectivity index (χ2n) is 3.86. The molecule has 0 fully saturated rings. The fraction of sp³-hybridized carbons (Fsp3) is 0.364. The van der Waals surface area contributed by atoms with Gasteiger partial charge in [0.2, 0.25) is 5.91 Å². The normalized spacial score (nSPS) is 10.7. The molecule has 1 amide bonds. The molecule has 0 spiro atoms. The highest BCUT2D eigenvalue weighted by atomic mass is 19.1. The van der Waals surface area contributed by atoms with E-state index in [4.69, 9.17) is 0 Å².